The second kappa shape index (κ2) is 5.00. The third-order valence-corrected chi connectivity index (χ3v) is 3.53. The zero-order chi connectivity index (χ0) is 14.1. The monoisotopic (exact) mass is 266 g/mol. The molecule has 0 amide bonds. The van der Waals surface area contributed by atoms with Crippen LogP contribution in [0.15, 0.2) is 46.9 Å². The summed E-state index contributed by atoms with van der Waals surface area (Å²) in [5.41, 5.74) is 5.39. The van der Waals surface area contributed by atoms with Crippen LogP contribution >= 0.6 is 0 Å². The minimum Gasteiger partial charge on any atom is -0.441 e. The van der Waals surface area contributed by atoms with Crippen molar-refractivity contribution in [1.29, 1.82) is 0 Å². The molecule has 0 radical (unpaired) electrons. The maximum atomic E-state index is 5.49. The van der Waals surface area contributed by atoms with E-state index in [2.05, 4.69) is 48.4 Å². The number of nitrogens with one attached hydrogen (secondary N) is 1. The average molecular weight is 266 g/mol. The topological polar surface area (TPSA) is 38.1 Å². The third-order valence-electron chi connectivity index (χ3n) is 3.53. The largest absolute Gasteiger partial charge is 0.441 e. The van der Waals surface area contributed by atoms with E-state index in [1.54, 1.807) is 0 Å². The van der Waals surface area contributed by atoms with Gasteiger partial charge < -0.3 is 9.73 Å². The van der Waals surface area contributed by atoms with Crippen LogP contribution in [0.5, 0.6) is 0 Å². The minimum atomic E-state index is 0.252. The highest BCUT2D eigenvalue weighted by Gasteiger charge is 2.09. The summed E-state index contributed by atoms with van der Waals surface area (Å²) in [5.74, 6) is 0.698. The van der Waals surface area contributed by atoms with Gasteiger partial charge in [-0.05, 0) is 43.2 Å². The van der Waals surface area contributed by atoms with Crippen LogP contribution in [0.25, 0.3) is 11.1 Å². The SMILES string of the molecule is Cc1nc2cc(NC(C)c3ccccc3C)ccc2o1. The Morgan fingerprint density at radius 1 is 1.10 bits per heavy atom. The predicted molar refractivity (Wildman–Crippen MR) is 82.0 cm³/mol. The van der Waals surface area contributed by atoms with E-state index in [-0.39, 0.29) is 6.04 Å². The van der Waals surface area contributed by atoms with Gasteiger partial charge in [-0.3, -0.25) is 0 Å². The first kappa shape index (κ1) is 12.7. The van der Waals surface area contributed by atoms with Gasteiger partial charge in [-0.1, -0.05) is 24.3 Å². The molecule has 0 aliphatic carbocycles. The average Bonchev–Trinajstić information content (AvgIpc) is 2.78. The number of rotatable bonds is 3. The van der Waals surface area contributed by atoms with Gasteiger partial charge >= 0.3 is 0 Å². The zero-order valence-corrected chi connectivity index (χ0v) is 12.0. The van der Waals surface area contributed by atoms with Crippen LogP contribution in [-0.4, -0.2) is 4.98 Å². The number of aromatic nitrogens is 1. The molecular formula is C17H18N2O. The van der Waals surface area contributed by atoms with Crippen molar-refractivity contribution in [3.63, 3.8) is 0 Å². The molecule has 2 aromatic carbocycles. The van der Waals surface area contributed by atoms with Crippen molar-refractivity contribution in [1.82, 2.24) is 4.98 Å². The molecule has 0 aliphatic heterocycles. The molecule has 1 heterocycles. The zero-order valence-electron chi connectivity index (χ0n) is 12.0. The molecule has 1 unspecified atom stereocenters. The number of hydrogen-bond acceptors (Lipinski definition) is 3. The van der Waals surface area contributed by atoms with Crippen molar-refractivity contribution in [3.05, 3.63) is 59.5 Å². The molecule has 3 nitrogen and oxygen atoms in total. The summed E-state index contributed by atoms with van der Waals surface area (Å²) in [7, 11) is 0. The van der Waals surface area contributed by atoms with E-state index < -0.39 is 0 Å². The lowest BCUT2D eigenvalue weighted by molar-refractivity contribution is 0.561. The molecule has 0 aliphatic rings. The van der Waals surface area contributed by atoms with E-state index in [9.17, 15) is 0 Å². The van der Waals surface area contributed by atoms with Crippen molar-refractivity contribution in [2.45, 2.75) is 26.8 Å². The number of anilines is 1. The van der Waals surface area contributed by atoms with Crippen molar-refractivity contribution in [2.24, 2.45) is 0 Å². The second-order valence-electron chi connectivity index (χ2n) is 5.14. The molecule has 1 aromatic heterocycles. The van der Waals surface area contributed by atoms with Gasteiger partial charge in [-0.2, -0.15) is 0 Å². The molecule has 20 heavy (non-hydrogen) atoms. The molecule has 0 bridgehead atoms. The maximum absolute atomic E-state index is 5.49. The van der Waals surface area contributed by atoms with Gasteiger partial charge in [0.15, 0.2) is 11.5 Å². The van der Waals surface area contributed by atoms with Crippen LogP contribution in [0.4, 0.5) is 5.69 Å². The summed E-state index contributed by atoms with van der Waals surface area (Å²) >= 11 is 0. The Hall–Kier alpha value is -2.29. The van der Waals surface area contributed by atoms with Crippen LogP contribution in [0, 0.1) is 13.8 Å². The maximum Gasteiger partial charge on any atom is 0.192 e. The number of oxazole rings is 1. The fraction of sp³-hybridized carbons (Fsp3) is 0.235. The van der Waals surface area contributed by atoms with E-state index in [4.69, 9.17) is 4.42 Å². The minimum absolute atomic E-state index is 0.252. The first-order chi connectivity index (χ1) is 9.63. The fourth-order valence-corrected chi connectivity index (χ4v) is 2.53. The van der Waals surface area contributed by atoms with E-state index in [0.29, 0.717) is 5.89 Å². The van der Waals surface area contributed by atoms with Crippen LogP contribution in [0.1, 0.15) is 30.0 Å². The summed E-state index contributed by atoms with van der Waals surface area (Å²) in [4.78, 5) is 4.36. The van der Waals surface area contributed by atoms with Crippen molar-refractivity contribution >= 4 is 16.8 Å². The van der Waals surface area contributed by atoms with Gasteiger partial charge in [-0.25, -0.2) is 4.98 Å². The molecule has 3 heteroatoms. The smallest absolute Gasteiger partial charge is 0.192 e. The quantitative estimate of drug-likeness (QED) is 0.751. The lowest BCUT2D eigenvalue weighted by Crippen LogP contribution is -2.07. The molecule has 102 valence electrons. The van der Waals surface area contributed by atoms with Crippen LogP contribution in [-0.2, 0) is 0 Å². The lowest BCUT2D eigenvalue weighted by atomic mass is 10.0. The highest BCUT2D eigenvalue weighted by molar-refractivity contribution is 5.77. The Morgan fingerprint density at radius 3 is 2.70 bits per heavy atom. The Morgan fingerprint density at radius 2 is 1.90 bits per heavy atom. The standard InChI is InChI=1S/C17H18N2O/c1-11-6-4-5-7-15(11)12(2)18-14-8-9-17-16(10-14)19-13(3)20-17/h4-10,12,18H,1-3H3. The molecule has 3 rings (SSSR count). The molecular weight excluding hydrogens is 248 g/mol. The molecule has 0 saturated heterocycles. The van der Waals surface area contributed by atoms with Crippen LogP contribution in [0.3, 0.4) is 0 Å². The summed E-state index contributed by atoms with van der Waals surface area (Å²) < 4.78 is 5.49. The Balaban J connectivity index is 1.87. The van der Waals surface area contributed by atoms with E-state index in [0.717, 1.165) is 16.8 Å². The first-order valence-electron chi connectivity index (χ1n) is 6.83. The van der Waals surface area contributed by atoms with Crippen molar-refractivity contribution < 1.29 is 4.42 Å². The lowest BCUT2D eigenvalue weighted by Gasteiger charge is -2.17. The fourth-order valence-electron chi connectivity index (χ4n) is 2.53. The van der Waals surface area contributed by atoms with E-state index in [1.807, 2.05) is 25.1 Å². The van der Waals surface area contributed by atoms with Crippen molar-refractivity contribution in [3.8, 4) is 0 Å². The van der Waals surface area contributed by atoms with Crippen molar-refractivity contribution in [2.75, 3.05) is 5.32 Å². The Kier molecular flexibility index (Phi) is 3.18. The Bertz CT molecular complexity index is 746. The van der Waals surface area contributed by atoms with Gasteiger partial charge in [0.25, 0.3) is 0 Å². The number of benzene rings is 2. The van der Waals surface area contributed by atoms with Gasteiger partial charge in [0.2, 0.25) is 0 Å². The van der Waals surface area contributed by atoms with Gasteiger partial charge in [-0.15, -0.1) is 0 Å². The highest BCUT2D eigenvalue weighted by Crippen LogP contribution is 2.25. The predicted octanol–water partition coefficient (Wildman–Crippen LogP) is 4.62. The van der Waals surface area contributed by atoms with E-state index >= 15 is 0 Å². The van der Waals surface area contributed by atoms with E-state index in [1.165, 1.54) is 11.1 Å². The molecule has 1 atom stereocenters. The number of hydrogen-bond donors (Lipinski definition) is 1. The molecule has 0 spiro atoms. The first-order valence-corrected chi connectivity index (χ1v) is 6.83. The van der Waals surface area contributed by atoms with Gasteiger partial charge in [0.1, 0.15) is 5.52 Å². The summed E-state index contributed by atoms with van der Waals surface area (Å²) in [6.45, 7) is 6.17. The summed E-state index contributed by atoms with van der Waals surface area (Å²) in [5, 5.41) is 3.52. The molecule has 3 aromatic rings. The second-order valence-corrected chi connectivity index (χ2v) is 5.14. The normalized spacial score (nSPS) is 12.6. The molecule has 0 fully saturated rings. The third kappa shape index (κ3) is 2.39. The number of aryl methyl sites for hydroxylation is 2. The van der Waals surface area contributed by atoms with Crippen LogP contribution < -0.4 is 5.32 Å². The van der Waals surface area contributed by atoms with Gasteiger partial charge in [0.05, 0.1) is 0 Å². The summed E-state index contributed by atoms with van der Waals surface area (Å²) in [6.07, 6.45) is 0. The van der Waals surface area contributed by atoms with Gasteiger partial charge in [0, 0.05) is 18.7 Å². The Labute approximate surface area is 118 Å². The molecule has 0 saturated carbocycles. The van der Waals surface area contributed by atoms with Crippen LogP contribution in [0.2, 0.25) is 0 Å². The highest BCUT2D eigenvalue weighted by atomic mass is 16.3. The number of nitrogens with zero attached hydrogens (tertiary/aromatic N) is 1. The molecule has 1 N–H and O–H groups in total. The number of fused-ring (bicyclic) bond motifs is 1. The summed E-state index contributed by atoms with van der Waals surface area (Å²) in [6, 6.07) is 14.7.